The number of nitrogen functional groups attached to an aromatic ring is 1. The van der Waals surface area contributed by atoms with Gasteiger partial charge in [0, 0.05) is 23.5 Å². The second-order valence-corrected chi connectivity index (χ2v) is 7.79. The highest BCUT2D eigenvalue weighted by Crippen LogP contribution is 2.36. The van der Waals surface area contributed by atoms with Crippen molar-refractivity contribution in [3.63, 3.8) is 0 Å². The Morgan fingerprint density at radius 3 is 2.52 bits per heavy atom. The number of ether oxygens (including phenoxy) is 2. The first-order valence-corrected chi connectivity index (χ1v) is 10.6. The molecule has 1 fully saturated rings. The van der Waals surface area contributed by atoms with Gasteiger partial charge in [0.05, 0.1) is 13.0 Å². The van der Waals surface area contributed by atoms with Crippen LogP contribution in [0.1, 0.15) is 25.7 Å². The lowest BCUT2D eigenvalue weighted by atomic mass is 9.85. The van der Waals surface area contributed by atoms with E-state index in [4.69, 9.17) is 15.2 Å². The number of hydrogen-bond acceptors (Lipinski definition) is 6. The van der Waals surface area contributed by atoms with Crippen molar-refractivity contribution in [2.24, 2.45) is 5.92 Å². The summed E-state index contributed by atoms with van der Waals surface area (Å²) in [5.74, 6) is 2.06. The van der Waals surface area contributed by atoms with Gasteiger partial charge in [-0.3, -0.25) is 4.79 Å². The van der Waals surface area contributed by atoms with Gasteiger partial charge in [0.1, 0.15) is 17.3 Å². The molecule has 3 N–H and O–H groups in total. The number of esters is 1. The third-order valence-corrected chi connectivity index (χ3v) is 5.65. The highest BCUT2D eigenvalue weighted by molar-refractivity contribution is 5.85. The van der Waals surface area contributed by atoms with Gasteiger partial charge >= 0.3 is 5.97 Å². The lowest BCUT2D eigenvalue weighted by molar-refractivity contribution is -0.146. The monoisotopic (exact) mass is 417 g/mol. The molecule has 0 unspecified atom stereocenters. The molecule has 1 saturated carbocycles. The number of nitrogens with one attached hydrogen (secondary N) is 1. The lowest BCUT2D eigenvalue weighted by Crippen LogP contribution is -2.32. The topological polar surface area (TPSA) is 86.5 Å². The first-order chi connectivity index (χ1) is 15.1. The zero-order chi connectivity index (χ0) is 21.6. The molecular weight excluding hydrogens is 390 g/mol. The van der Waals surface area contributed by atoms with E-state index < -0.39 is 0 Å². The van der Waals surface area contributed by atoms with Crippen LogP contribution in [-0.4, -0.2) is 24.1 Å². The van der Waals surface area contributed by atoms with Crippen LogP contribution < -0.4 is 15.8 Å². The Balaban J connectivity index is 1.53. The van der Waals surface area contributed by atoms with Crippen LogP contribution in [0.15, 0.2) is 66.9 Å². The molecule has 2 aromatic carbocycles. The normalized spacial score (nSPS) is 18.2. The first-order valence-electron chi connectivity index (χ1n) is 10.6. The van der Waals surface area contributed by atoms with Gasteiger partial charge in [-0.15, -0.1) is 0 Å². The molecule has 4 rings (SSSR count). The summed E-state index contributed by atoms with van der Waals surface area (Å²) in [6.07, 6.45) is 5.25. The van der Waals surface area contributed by atoms with Gasteiger partial charge in [-0.1, -0.05) is 36.8 Å². The van der Waals surface area contributed by atoms with Gasteiger partial charge in [-0.05, 0) is 55.2 Å². The number of nitrogens with zero attached hydrogens (tertiary/aromatic N) is 1. The van der Waals surface area contributed by atoms with Crippen molar-refractivity contribution in [1.29, 1.82) is 0 Å². The average Bonchev–Trinajstić information content (AvgIpc) is 2.80. The molecule has 1 heterocycles. The summed E-state index contributed by atoms with van der Waals surface area (Å²) in [6.45, 7) is 0. The molecular formula is C25H27N3O3. The van der Waals surface area contributed by atoms with Crippen LogP contribution in [0.4, 0.5) is 11.5 Å². The minimum absolute atomic E-state index is 0.0739. The molecule has 6 nitrogen and oxygen atoms in total. The molecule has 2 atom stereocenters. The predicted molar refractivity (Wildman–Crippen MR) is 122 cm³/mol. The van der Waals surface area contributed by atoms with Crippen molar-refractivity contribution in [3.8, 4) is 22.6 Å². The van der Waals surface area contributed by atoms with Crippen LogP contribution in [0.5, 0.6) is 11.5 Å². The van der Waals surface area contributed by atoms with Crippen molar-refractivity contribution in [1.82, 2.24) is 4.98 Å². The molecule has 31 heavy (non-hydrogen) atoms. The number of carbonyl (C=O) groups excluding carboxylic acids is 1. The summed E-state index contributed by atoms with van der Waals surface area (Å²) < 4.78 is 10.8. The highest BCUT2D eigenvalue weighted by atomic mass is 16.5. The van der Waals surface area contributed by atoms with Crippen LogP contribution in [-0.2, 0) is 9.53 Å². The number of carbonyl (C=O) groups is 1. The van der Waals surface area contributed by atoms with E-state index in [1.807, 2.05) is 54.6 Å². The fraction of sp³-hybridized carbons (Fsp3) is 0.280. The van der Waals surface area contributed by atoms with Gasteiger partial charge in [0.2, 0.25) is 0 Å². The molecule has 0 amide bonds. The standard InChI is InChI=1S/C25H27N3O3/c1-30-25(29)18-6-5-7-19(16-18)28-24-23(22(26)14-15-27-24)17-10-12-21(13-11-17)31-20-8-3-2-4-9-20/h2-4,8-15,18-19H,5-7,16H2,1H3,(H3,26,27,28)/t18-,19-/m1/s1. The number of anilines is 2. The Hall–Kier alpha value is -3.54. The Kier molecular flexibility index (Phi) is 6.36. The fourth-order valence-corrected chi connectivity index (χ4v) is 4.10. The van der Waals surface area contributed by atoms with Crippen LogP contribution in [0.2, 0.25) is 0 Å². The van der Waals surface area contributed by atoms with Crippen molar-refractivity contribution in [2.75, 3.05) is 18.2 Å². The summed E-state index contributed by atoms with van der Waals surface area (Å²) in [6, 6.07) is 19.4. The van der Waals surface area contributed by atoms with E-state index in [9.17, 15) is 4.79 Å². The van der Waals surface area contributed by atoms with E-state index in [-0.39, 0.29) is 17.9 Å². The van der Waals surface area contributed by atoms with Gasteiger partial charge in [-0.25, -0.2) is 4.98 Å². The Morgan fingerprint density at radius 2 is 1.77 bits per heavy atom. The maximum Gasteiger partial charge on any atom is 0.308 e. The zero-order valence-electron chi connectivity index (χ0n) is 17.6. The molecule has 0 aliphatic heterocycles. The number of rotatable bonds is 6. The number of pyridine rings is 1. The maximum atomic E-state index is 12.0. The second-order valence-electron chi connectivity index (χ2n) is 7.79. The lowest BCUT2D eigenvalue weighted by Gasteiger charge is -2.29. The quantitative estimate of drug-likeness (QED) is 0.532. The van der Waals surface area contributed by atoms with Crippen molar-refractivity contribution in [3.05, 3.63) is 66.9 Å². The first kappa shape index (κ1) is 20.7. The number of hydrogen-bond donors (Lipinski definition) is 2. The molecule has 160 valence electrons. The van der Waals surface area contributed by atoms with Crippen molar-refractivity contribution < 1.29 is 14.3 Å². The molecule has 0 saturated heterocycles. The van der Waals surface area contributed by atoms with Gasteiger partial charge < -0.3 is 20.5 Å². The molecule has 1 aliphatic carbocycles. The molecule has 1 aliphatic rings. The maximum absolute atomic E-state index is 12.0. The van der Waals surface area contributed by atoms with Gasteiger partial charge in [-0.2, -0.15) is 0 Å². The third-order valence-electron chi connectivity index (χ3n) is 5.65. The summed E-state index contributed by atoms with van der Waals surface area (Å²) >= 11 is 0. The minimum Gasteiger partial charge on any atom is -0.469 e. The highest BCUT2D eigenvalue weighted by Gasteiger charge is 2.28. The van der Waals surface area contributed by atoms with Gasteiger partial charge in [0.15, 0.2) is 0 Å². The summed E-state index contributed by atoms with van der Waals surface area (Å²) in [7, 11) is 1.45. The summed E-state index contributed by atoms with van der Waals surface area (Å²) in [5, 5.41) is 3.52. The number of para-hydroxylation sites is 1. The Morgan fingerprint density at radius 1 is 1.03 bits per heavy atom. The number of nitrogens with two attached hydrogens (primary N) is 1. The van der Waals surface area contributed by atoms with Crippen molar-refractivity contribution in [2.45, 2.75) is 31.7 Å². The van der Waals surface area contributed by atoms with E-state index in [0.717, 1.165) is 54.1 Å². The molecule has 0 bridgehead atoms. The van der Waals surface area contributed by atoms with E-state index in [0.29, 0.717) is 5.69 Å². The fourth-order valence-electron chi connectivity index (χ4n) is 4.10. The van der Waals surface area contributed by atoms with Crippen LogP contribution in [0, 0.1) is 5.92 Å². The van der Waals surface area contributed by atoms with Crippen LogP contribution in [0.25, 0.3) is 11.1 Å². The molecule has 0 radical (unpaired) electrons. The predicted octanol–water partition coefficient (Wildman–Crippen LogP) is 5.27. The zero-order valence-corrected chi connectivity index (χ0v) is 17.6. The third kappa shape index (κ3) is 4.97. The Bertz CT molecular complexity index is 1020. The Labute approximate surface area is 182 Å². The minimum atomic E-state index is -0.138. The van der Waals surface area contributed by atoms with E-state index in [1.54, 1.807) is 12.3 Å². The summed E-state index contributed by atoms with van der Waals surface area (Å²) in [5.41, 5.74) is 8.79. The van der Waals surface area contributed by atoms with Crippen LogP contribution >= 0.6 is 0 Å². The molecule has 0 spiro atoms. The van der Waals surface area contributed by atoms with Crippen molar-refractivity contribution >= 4 is 17.5 Å². The molecule has 1 aromatic heterocycles. The summed E-state index contributed by atoms with van der Waals surface area (Å²) in [4.78, 5) is 16.5. The van der Waals surface area contributed by atoms with E-state index in [1.165, 1.54) is 7.11 Å². The number of aromatic nitrogens is 1. The van der Waals surface area contributed by atoms with Gasteiger partial charge in [0.25, 0.3) is 0 Å². The van der Waals surface area contributed by atoms with E-state index in [2.05, 4.69) is 10.3 Å². The molecule has 6 heteroatoms. The SMILES string of the molecule is COC(=O)[C@@H]1CCC[C@@H](Nc2nccc(N)c2-c2ccc(Oc3ccccc3)cc2)C1. The number of benzene rings is 2. The van der Waals surface area contributed by atoms with E-state index >= 15 is 0 Å². The smallest absolute Gasteiger partial charge is 0.308 e. The largest absolute Gasteiger partial charge is 0.469 e. The average molecular weight is 418 g/mol. The number of methoxy groups -OCH3 is 1. The van der Waals surface area contributed by atoms with Crippen LogP contribution in [0.3, 0.4) is 0 Å². The molecule has 3 aromatic rings. The second kappa shape index (κ2) is 9.51.